The molecule has 27 heavy (non-hydrogen) atoms. The average molecular weight is 365 g/mol. The molecular weight excluding hydrogens is 342 g/mol. The van der Waals surface area contributed by atoms with Gasteiger partial charge in [-0.2, -0.15) is 5.10 Å². The lowest BCUT2D eigenvalue weighted by Gasteiger charge is -2.16. The van der Waals surface area contributed by atoms with Crippen LogP contribution in [0.3, 0.4) is 0 Å². The SMILES string of the molecule is CCNCc1ccccc1NC(=O)C(C)NC(=O)c1n[nH]c2ccccc12. The minimum atomic E-state index is -0.708. The van der Waals surface area contributed by atoms with Crippen LogP contribution in [-0.4, -0.2) is 34.6 Å². The Labute approximate surface area is 157 Å². The summed E-state index contributed by atoms with van der Waals surface area (Å²) in [5.41, 5.74) is 2.77. The second-order valence-corrected chi connectivity index (χ2v) is 6.24. The number of para-hydroxylation sites is 2. The Bertz CT molecular complexity index is 950. The molecular formula is C20H23N5O2. The highest BCUT2D eigenvalue weighted by molar-refractivity contribution is 6.07. The van der Waals surface area contributed by atoms with E-state index >= 15 is 0 Å². The summed E-state index contributed by atoms with van der Waals surface area (Å²) in [4.78, 5) is 25.0. The van der Waals surface area contributed by atoms with Gasteiger partial charge in [-0.25, -0.2) is 0 Å². The number of carbonyl (C=O) groups is 2. The lowest BCUT2D eigenvalue weighted by molar-refractivity contribution is -0.117. The van der Waals surface area contributed by atoms with Crippen LogP contribution < -0.4 is 16.0 Å². The normalized spacial score (nSPS) is 11.9. The van der Waals surface area contributed by atoms with E-state index in [1.54, 1.807) is 6.92 Å². The number of nitrogens with zero attached hydrogens (tertiary/aromatic N) is 1. The molecule has 7 heteroatoms. The third-order valence-corrected chi connectivity index (χ3v) is 4.27. The Balaban J connectivity index is 1.67. The number of anilines is 1. The van der Waals surface area contributed by atoms with Crippen molar-refractivity contribution in [3.63, 3.8) is 0 Å². The molecule has 2 amide bonds. The molecule has 0 bridgehead atoms. The van der Waals surface area contributed by atoms with Gasteiger partial charge in [-0.05, 0) is 31.2 Å². The lowest BCUT2D eigenvalue weighted by atomic mass is 10.1. The second-order valence-electron chi connectivity index (χ2n) is 6.24. The van der Waals surface area contributed by atoms with Crippen LogP contribution in [-0.2, 0) is 11.3 Å². The van der Waals surface area contributed by atoms with Crippen molar-refractivity contribution in [3.8, 4) is 0 Å². The van der Waals surface area contributed by atoms with Gasteiger partial charge in [-0.1, -0.05) is 43.3 Å². The molecule has 0 aliphatic heterocycles. The maximum absolute atomic E-state index is 12.5. The Kier molecular flexibility index (Phi) is 5.83. The molecule has 0 saturated heterocycles. The molecule has 1 aromatic heterocycles. The van der Waals surface area contributed by atoms with E-state index in [1.165, 1.54) is 0 Å². The number of rotatable bonds is 7. The van der Waals surface area contributed by atoms with Crippen LogP contribution in [0.15, 0.2) is 48.5 Å². The molecule has 1 atom stereocenters. The fourth-order valence-corrected chi connectivity index (χ4v) is 2.76. The molecule has 1 heterocycles. The van der Waals surface area contributed by atoms with Crippen LogP contribution in [0.5, 0.6) is 0 Å². The van der Waals surface area contributed by atoms with Crippen molar-refractivity contribution >= 4 is 28.4 Å². The molecule has 140 valence electrons. The maximum atomic E-state index is 12.5. The number of aromatic amines is 1. The highest BCUT2D eigenvalue weighted by Crippen LogP contribution is 2.16. The van der Waals surface area contributed by atoms with E-state index in [-0.39, 0.29) is 11.6 Å². The summed E-state index contributed by atoms with van der Waals surface area (Å²) in [6, 6.07) is 14.2. The molecule has 7 nitrogen and oxygen atoms in total. The van der Waals surface area contributed by atoms with E-state index in [2.05, 4.69) is 26.1 Å². The van der Waals surface area contributed by atoms with Crippen molar-refractivity contribution in [2.75, 3.05) is 11.9 Å². The Morgan fingerprint density at radius 2 is 1.85 bits per heavy atom. The van der Waals surface area contributed by atoms with Gasteiger partial charge in [0, 0.05) is 17.6 Å². The highest BCUT2D eigenvalue weighted by Gasteiger charge is 2.20. The smallest absolute Gasteiger partial charge is 0.273 e. The molecule has 0 radical (unpaired) electrons. The third kappa shape index (κ3) is 4.32. The van der Waals surface area contributed by atoms with Crippen molar-refractivity contribution in [1.82, 2.24) is 20.8 Å². The monoisotopic (exact) mass is 365 g/mol. The number of hydrogen-bond donors (Lipinski definition) is 4. The minimum Gasteiger partial charge on any atom is -0.339 e. The number of carbonyl (C=O) groups excluding carboxylic acids is 2. The summed E-state index contributed by atoms with van der Waals surface area (Å²) in [6.07, 6.45) is 0. The first-order valence-electron chi connectivity index (χ1n) is 8.93. The molecule has 4 N–H and O–H groups in total. The number of hydrogen-bond acceptors (Lipinski definition) is 4. The van der Waals surface area contributed by atoms with E-state index in [0.717, 1.165) is 28.7 Å². The molecule has 0 fully saturated rings. The molecule has 2 aromatic carbocycles. The molecule has 1 unspecified atom stereocenters. The average Bonchev–Trinajstić information content (AvgIpc) is 3.11. The topological polar surface area (TPSA) is 98.9 Å². The predicted molar refractivity (Wildman–Crippen MR) is 105 cm³/mol. The van der Waals surface area contributed by atoms with Crippen molar-refractivity contribution in [3.05, 3.63) is 59.8 Å². The van der Waals surface area contributed by atoms with Crippen LogP contribution >= 0.6 is 0 Å². The van der Waals surface area contributed by atoms with Gasteiger partial charge < -0.3 is 16.0 Å². The van der Waals surface area contributed by atoms with Gasteiger partial charge in [0.1, 0.15) is 6.04 Å². The van der Waals surface area contributed by atoms with Crippen LogP contribution in [0.4, 0.5) is 5.69 Å². The first-order chi connectivity index (χ1) is 13.1. The molecule has 3 rings (SSSR count). The molecule has 0 aliphatic rings. The van der Waals surface area contributed by atoms with Gasteiger partial charge in [0.05, 0.1) is 5.52 Å². The number of benzene rings is 2. The van der Waals surface area contributed by atoms with E-state index in [4.69, 9.17) is 0 Å². The Morgan fingerprint density at radius 3 is 2.67 bits per heavy atom. The molecule has 0 saturated carbocycles. The largest absolute Gasteiger partial charge is 0.339 e. The summed E-state index contributed by atoms with van der Waals surface area (Å²) >= 11 is 0. The minimum absolute atomic E-state index is 0.276. The van der Waals surface area contributed by atoms with Crippen LogP contribution in [0.1, 0.15) is 29.9 Å². The number of amides is 2. The number of aromatic nitrogens is 2. The maximum Gasteiger partial charge on any atom is 0.273 e. The van der Waals surface area contributed by atoms with Gasteiger partial charge in [-0.15, -0.1) is 0 Å². The fraction of sp³-hybridized carbons (Fsp3) is 0.250. The van der Waals surface area contributed by atoms with Crippen molar-refractivity contribution in [2.24, 2.45) is 0 Å². The van der Waals surface area contributed by atoms with E-state index in [0.29, 0.717) is 6.54 Å². The zero-order valence-corrected chi connectivity index (χ0v) is 15.4. The lowest BCUT2D eigenvalue weighted by Crippen LogP contribution is -2.42. The zero-order chi connectivity index (χ0) is 19.2. The van der Waals surface area contributed by atoms with Gasteiger partial charge in [-0.3, -0.25) is 14.7 Å². The zero-order valence-electron chi connectivity index (χ0n) is 15.4. The van der Waals surface area contributed by atoms with E-state index < -0.39 is 11.9 Å². The van der Waals surface area contributed by atoms with Gasteiger partial charge in [0.15, 0.2) is 5.69 Å². The highest BCUT2D eigenvalue weighted by atomic mass is 16.2. The van der Waals surface area contributed by atoms with Crippen molar-refractivity contribution in [1.29, 1.82) is 0 Å². The molecule has 0 spiro atoms. The number of nitrogens with one attached hydrogen (secondary N) is 4. The van der Waals surface area contributed by atoms with Gasteiger partial charge in [0.2, 0.25) is 5.91 Å². The summed E-state index contributed by atoms with van der Waals surface area (Å²) in [6.45, 7) is 5.17. The first kappa shape index (κ1) is 18.6. The standard InChI is InChI=1S/C20H23N5O2/c1-3-21-12-14-8-4-6-10-16(14)23-19(26)13(2)22-20(27)18-15-9-5-7-11-17(15)24-25-18/h4-11,13,21H,3,12H2,1-2H3,(H,22,27)(H,23,26)(H,24,25). The van der Waals surface area contributed by atoms with Gasteiger partial charge in [0.25, 0.3) is 5.91 Å². The second kappa shape index (κ2) is 8.46. The third-order valence-electron chi connectivity index (χ3n) is 4.27. The summed E-state index contributed by atoms with van der Waals surface area (Å²) in [5.74, 6) is -0.678. The molecule has 3 aromatic rings. The number of fused-ring (bicyclic) bond motifs is 1. The summed E-state index contributed by atoms with van der Waals surface area (Å²) in [7, 11) is 0. The predicted octanol–water partition coefficient (Wildman–Crippen LogP) is 2.43. The fourth-order valence-electron chi connectivity index (χ4n) is 2.76. The van der Waals surface area contributed by atoms with Crippen molar-refractivity contribution in [2.45, 2.75) is 26.4 Å². The Morgan fingerprint density at radius 1 is 1.11 bits per heavy atom. The summed E-state index contributed by atoms with van der Waals surface area (Å²) in [5, 5.41) is 16.4. The first-order valence-corrected chi connectivity index (χ1v) is 8.93. The molecule has 0 aliphatic carbocycles. The quantitative estimate of drug-likeness (QED) is 0.517. The van der Waals surface area contributed by atoms with E-state index in [9.17, 15) is 9.59 Å². The van der Waals surface area contributed by atoms with E-state index in [1.807, 2.05) is 55.5 Å². The number of H-pyrrole nitrogens is 1. The van der Waals surface area contributed by atoms with Crippen LogP contribution in [0, 0.1) is 0 Å². The summed E-state index contributed by atoms with van der Waals surface area (Å²) < 4.78 is 0. The van der Waals surface area contributed by atoms with Gasteiger partial charge >= 0.3 is 0 Å². The van der Waals surface area contributed by atoms with Crippen LogP contribution in [0.2, 0.25) is 0 Å². The Hall–Kier alpha value is -3.19. The van der Waals surface area contributed by atoms with Crippen LogP contribution in [0.25, 0.3) is 10.9 Å². The van der Waals surface area contributed by atoms with Crippen molar-refractivity contribution < 1.29 is 9.59 Å².